The van der Waals surface area contributed by atoms with Crippen molar-refractivity contribution in [2.24, 2.45) is 5.92 Å². The molecule has 0 aromatic heterocycles. The van der Waals surface area contributed by atoms with E-state index in [0.717, 1.165) is 5.56 Å². The summed E-state index contributed by atoms with van der Waals surface area (Å²) >= 11 is 0. The van der Waals surface area contributed by atoms with Crippen molar-refractivity contribution in [2.45, 2.75) is 26.1 Å². The van der Waals surface area contributed by atoms with Crippen LogP contribution in [0.25, 0.3) is 0 Å². The molecule has 0 unspecified atom stereocenters. The molecular formula is C12H14O3. The minimum absolute atomic E-state index is 0.0638. The second-order valence-electron chi connectivity index (χ2n) is 4.15. The molecule has 0 saturated carbocycles. The van der Waals surface area contributed by atoms with Gasteiger partial charge in [-0.3, -0.25) is 0 Å². The van der Waals surface area contributed by atoms with Crippen LogP contribution in [0.1, 0.15) is 35.9 Å². The minimum Gasteiger partial charge on any atom is -0.451 e. The molecule has 15 heavy (non-hydrogen) atoms. The molecule has 0 fully saturated rings. The summed E-state index contributed by atoms with van der Waals surface area (Å²) in [6.07, 6.45) is -1.15. The average molecular weight is 206 g/mol. The van der Waals surface area contributed by atoms with Gasteiger partial charge in [0, 0.05) is 5.56 Å². The third kappa shape index (κ3) is 1.63. The Bertz CT molecular complexity index is 384. The molecule has 0 amide bonds. The summed E-state index contributed by atoms with van der Waals surface area (Å²) in [5.41, 5.74) is 1.37. The van der Waals surface area contributed by atoms with Crippen LogP contribution in [0.5, 0.6) is 0 Å². The van der Waals surface area contributed by atoms with Crippen LogP contribution in [0, 0.1) is 5.92 Å². The number of hydrogen-bond acceptors (Lipinski definition) is 3. The molecule has 0 bridgehead atoms. The van der Waals surface area contributed by atoms with E-state index in [1.807, 2.05) is 26.0 Å². The van der Waals surface area contributed by atoms with E-state index < -0.39 is 12.2 Å². The first-order valence-corrected chi connectivity index (χ1v) is 5.09. The van der Waals surface area contributed by atoms with Crippen LogP contribution in [-0.4, -0.2) is 17.2 Å². The van der Waals surface area contributed by atoms with Gasteiger partial charge < -0.3 is 9.84 Å². The number of esters is 1. The number of aliphatic hydroxyl groups excluding tert-OH is 1. The van der Waals surface area contributed by atoms with Gasteiger partial charge in [-0.25, -0.2) is 4.79 Å². The lowest BCUT2D eigenvalue weighted by molar-refractivity contribution is -0.0263. The Morgan fingerprint density at radius 1 is 1.33 bits per heavy atom. The number of rotatable bonds is 2. The zero-order valence-electron chi connectivity index (χ0n) is 8.81. The molecule has 0 saturated heterocycles. The standard InChI is InChI=1S/C12H14O3/c1-7(2)10(13)11-8-5-3-4-6-9(8)12(14)15-11/h3-7,10-11,13H,1-2H3/t10-,11+/m1/s1. The van der Waals surface area contributed by atoms with E-state index in [4.69, 9.17) is 4.74 Å². The monoisotopic (exact) mass is 206 g/mol. The fourth-order valence-electron chi connectivity index (χ4n) is 1.78. The fourth-order valence-corrected chi connectivity index (χ4v) is 1.78. The van der Waals surface area contributed by atoms with E-state index >= 15 is 0 Å². The zero-order chi connectivity index (χ0) is 11.0. The number of carbonyl (C=O) groups is 1. The molecule has 1 aliphatic heterocycles. The zero-order valence-corrected chi connectivity index (χ0v) is 8.81. The Morgan fingerprint density at radius 2 is 2.00 bits per heavy atom. The van der Waals surface area contributed by atoms with Crippen molar-refractivity contribution >= 4 is 5.97 Å². The van der Waals surface area contributed by atoms with Gasteiger partial charge >= 0.3 is 5.97 Å². The maximum Gasteiger partial charge on any atom is 0.339 e. The van der Waals surface area contributed by atoms with E-state index in [1.54, 1.807) is 12.1 Å². The Morgan fingerprint density at radius 3 is 2.67 bits per heavy atom. The Kier molecular flexibility index (Phi) is 2.49. The second-order valence-corrected chi connectivity index (χ2v) is 4.15. The van der Waals surface area contributed by atoms with Gasteiger partial charge in [-0.2, -0.15) is 0 Å². The van der Waals surface area contributed by atoms with Crippen molar-refractivity contribution in [1.29, 1.82) is 0 Å². The molecule has 1 aromatic carbocycles. The highest BCUT2D eigenvalue weighted by Gasteiger charge is 2.36. The largest absolute Gasteiger partial charge is 0.451 e. The number of benzene rings is 1. The van der Waals surface area contributed by atoms with Gasteiger partial charge in [0.05, 0.1) is 11.7 Å². The van der Waals surface area contributed by atoms with E-state index in [2.05, 4.69) is 0 Å². The topological polar surface area (TPSA) is 46.5 Å². The van der Waals surface area contributed by atoms with Crippen molar-refractivity contribution in [2.75, 3.05) is 0 Å². The smallest absolute Gasteiger partial charge is 0.339 e. The lowest BCUT2D eigenvalue weighted by atomic mass is 9.95. The van der Waals surface area contributed by atoms with Gasteiger partial charge in [-0.15, -0.1) is 0 Å². The number of fused-ring (bicyclic) bond motifs is 1. The van der Waals surface area contributed by atoms with Crippen LogP contribution in [0.4, 0.5) is 0 Å². The molecule has 0 radical (unpaired) electrons. The number of aliphatic hydroxyl groups is 1. The van der Waals surface area contributed by atoms with E-state index in [-0.39, 0.29) is 11.9 Å². The first-order valence-electron chi connectivity index (χ1n) is 5.09. The van der Waals surface area contributed by atoms with E-state index in [1.165, 1.54) is 0 Å². The summed E-state index contributed by atoms with van der Waals surface area (Å²) in [6, 6.07) is 7.20. The second kappa shape index (κ2) is 3.66. The van der Waals surface area contributed by atoms with Crippen LogP contribution in [0.15, 0.2) is 24.3 Å². The molecule has 2 atom stereocenters. The van der Waals surface area contributed by atoms with Gasteiger partial charge in [0.25, 0.3) is 0 Å². The SMILES string of the molecule is CC(C)[C@@H](O)[C@H]1OC(=O)c2ccccc21. The van der Waals surface area contributed by atoms with Gasteiger partial charge in [0.2, 0.25) is 0 Å². The van der Waals surface area contributed by atoms with Crippen LogP contribution < -0.4 is 0 Å². The molecule has 1 heterocycles. The maximum absolute atomic E-state index is 11.5. The van der Waals surface area contributed by atoms with Crippen LogP contribution in [-0.2, 0) is 4.74 Å². The maximum atomic E-state index is 11.5. The number of cyclic esters (lactones) is 1. The van der Waals surface area contributed by atoms with Gasteiger partial charge in [0.1, 0.15) is 0 Å². The molecule has 1 aliphatic rings. The number of carbonyl (C=O) groups excluding carboxylic acids is 1. The number of hydrogen-bond donors (Lipinski definition) is 1. The summed E-state index contributed by atoms with van der Waals surface area (Å²) in [6.45, 7) is 3.80. The van der Waals surface area contributed by atoms with Gasteiger partial charge in [-0.1, -0.05) is 32.0 Å². The molecule has 3 heteroatoms. The molecule has 0 aliphatic carbocycles. The Labute approximate surface area is 88.7 Å². The van der Waals surface area contributed by atoms with Crippen molar-refractivity contribution in [1.82, 2.24) is 0 Å². The Hall–Kier alpha value is -1.35. The summed E-state index contributed by atoms with van der Waals surface area (Å²) in [5, 5.41) is 9.91. The van der Waals surface area contributed by atoms with E-state index in [9.17, 15) is 9.90 Å². The first kappa shape index (κ1) is 10.2. The fraction of sp³-hybridized carbons (Fsp3) is 0.417. The highest BCUT2D eigenvalue weighted by atomic mass is 16.6. The summed E-state index contributed by atoms with van der Waals surface area (Å²) in [4.78, 5) is 11.5. The lowest BCUT2D eigenvalue weighted by Crippen LogP contribution is -2.24. The highest BCUT2D eigenvalue weighted by Crippen LogP contribution is 2.34. The molecular weight excluding hydrogens is 192 g/mol. The van der Waals surface area contributed by atoms with Crippen molar-refractivity contribution in [3.8, 4) is 0 Å². The first-order chi connectivity index (χ1) is 7.11. The van der Waals surface area contributed by atoms with Crippen molar-refractivity contribution in [3.05, 3.63) is 35.4 Å². The van der Waals surface area contributed by atoms with Crippen molar-refractivity contribution < 1.29 is 14.6 Å². The highest BCUT2D eigenvalue weighted by molar-refractivity contribution is 5.94. The van der Waals surface area contributed by atoms with Crippen LogP contribution >= 0.6 is 0 Å². The van der Waals surface area contributed by atoms with Crippen LogP contribution in [0.2, 0.25) is 0 Å². The molecule has 1 aromatic rings. The quantitative estimate of drug-likeness (QED) is 0.752. The predicted octanol–water partition coefficient (Wildman–Crippen LogP) is 1.91. The summed E-state index contributed by atoms with van der Waals surface area (Å²) in [7, 11) is 0. The molecule has 1 N–H and O–H groups in total. The van der Waals surface area contributed by atoms with Crippen LogP contribution in [0.3, 0.4) is 0 Å². The summed E-state index contributed by atoms with van der Waals surface area (Å²) in [5.74, 6) is -0.274. The number of ether oxygens (including phenoxy) is 1. The third-order valence-corrected chi connectivity index (χ3v) is 2.71. The minimum atomic E-state index is -0.641. The van der Waals surface area contributed by atoms with Gasteiger partial charge in [0.15, 0.2) is 6.10 Å². The Balaban J connectivity index is 2.36. The average Bonchev–Trinajstić information content (AvgIpc) is 2.56. The summed E-state index contributed by atoms with van der Waals surface area (Å²) < 4.78 is 5.17. The molecule has 2 rings (SSSR count). The third-order valence-electron chi connectivity index (χ3n) is 2.71. The van der Waals surface area contributed by atoms with Gasteiger partial charge in [-0.05, 0) is 12.0 Å². The van der Waals surface area contributed by atoms with Crippen molar-refractivity contribution in [3.63, 3.8) is 0 Å². The normalized spacial score (nSPS) is 21.3. The lowest BCUT2D eigenvalue weighted by Gasteiger charge is -2.21. The molecule has 80 valence electrons. The predicted molar refractivity (Wildman–Crippen MR) is 55.4 cm³/mol. The molecule has 3 nitrogen and oxygen atoms in total. The molecule has 0 spiro atoms. The van der Waals surface area contributed by atoms with E-state index in [0.29, 0.717) is 5.56 Å².